The van der Waals surface area contributed by atoms with E-state index in [-0.39, 0.29) is 18.6 Å². The van der Waals surface area contributed by atoms with Crippen LogP contribution in [0.4, 0.5) is 0 Å². The number of carbonyl (C=O) groups is 1. The van der Waals surface area contributed by atoms with Crippen molar-refractivity contribution in [1.82, 2.24) is 5.32 Å². The van der Waals surface area contributed by atoms with Crippen molar-refractivity contribution in [2.45, 2.75) is 33.7 Å². The van der Waals surface area contributed by atoms with Crippen molar-refractivity contribution in [2.24, 2.45) is 5.92 Å². The number of benzene rings is 1. The fraction of sp³-hybridized carbons (Fsp3) is 0.500. The normalized spacial score (nSPS) is 12.3. The van der Waals surface area contributed by atoms with Crippen LogP contribution >= 0.6 is 11.6 Å². The van der Waals surface area contributed by atoms with Gasteiger partial charge < -0.3 is 10.1 Å². The first-order valence-electron chi connectivity index (χ1n) is 6.08. The Labute approximate surface area is 113 Å². The van der Waals surface area contributed by atoms with Crippen LogP contribution in [0.5, 0.6) is 5.75 Å². The van der Waals surface area contributed by atoms with Gasteiger partial charge in [0.15, 0.2) is 6.61 Å². The van der Waals surface area contributed by atoms with Gasteiger partial charge >= 0.3 is 0 Å². The van der Waals surface area contributed by atoms with E-state index in [0.29, 0.717) is 16.7 Å². The molecule has 0 spiro atoms. The van der Waals surface area contributed by atoms with E-state index >= 15 is 0 Å². The SMILES string of the molecule is Cc1cc(OCC(=O)N[C@@H](C)C(C)C)ccc1Cl. The van der Waals surface area contributed by atoms with Crippen LogP contribution in [0.2, 0.25) is 5.02 Å². The van der Waals surface area contributed by atoms with E-state index in [1.165, 1.54) is 0 Å². The van der Waals surface area contributed by atoms with Crippen molar-refractivity contribution in [1.29, 1.82) is 0 Å². The third kappa shape index (κ3) is 4.57. The van der Waals surface area contributed by atoms with Crippen molar-refractivity contribution in [3.05, 3.63) is 28.8 Å². The summed E-state index contributed by atoms with van der Waals surface area (Å²) in [5.74, 6) is 0.958. The lowest BCUT2D eigenvalue weighted by Gasteiger charge is -2.17. The highest BCUT2D eigenvalue weighted by Crippen LogP contribution is 2.20. The molecule has 0 saturated heterocycles. The fourth-order valence-corrected chi connectivity index (χ4v) is 1.44. The van der Waals surface area contributed by atoms with Crippen molar-refractivity contribution in [3.8, 4) is 5.75 Å². The van der Waals surface area contributed by atoms with Crippen molar-refractivity contribution in [3.63, 3.8) is 0 Å². The Morgan fingerprint density at radius 2 is 2.06 bits per heavy atom. The van der Waals surface area contributed by atoms with Crippen LogP contribution in [-0.4, -0.2) is 18.6 Å². The second-order valence-corrected chi connectivity index (χ2v) is 5.21. The summed E-state index contributed by atoms with van der Waals surface area (Å²) in [6.45, 7) is 8.03. The molecule has 1 rings (SSSR count). The molecule has 3 nitrogen and oxygen atoms in total. The zero-order valence-electron chi connectivity index (χ0n) is 11.3. The highest BCUT2D eigenvalue weighted by Gasteiger charge is 2.11. The maximum atomic E-state index is 11.6. The van der Waals surface area contributed by atoms with Crippen molar-refractivity contribution >= 4 is 17.5 Å². The largest absolute Gasteiger partial charge is 0.484 e. The molecule has 4 heteroatoms. The molecular weight excluding hydrogens is 250 g/mol. The van der Waals surface area contributed by atoms with E-state index in [4.69, 9.17) is 16.3 Å². The highest BCUT2D eigenvalue weighted by atomic mass is 35.5. The van der Waals surface area contributed by atoms with Crippen molar-refractivity contribution < 1.29 is 9.53 Å². The minimum atomic E-state index is -0.108. The minimum Gasteiger partial charge on any atom is -0.484 e. The number of ether oxygens (including phenoxy) is 1. The molecule has 0 aliphatic rings. The van der Waals surface area contributed by atoms with Crippen molar-refractivity contribution in [2.75, 3.05) is 6.61 Å². The van der Waals surface area contributed by atoms with E-state index in [0.717, 1.165) is 5.56 Å². The lowest BCUT2D eigenvalue weighted by Crippen LogP contribution is -2.38. The molecule has 0 aliphatic carbocycles. The molecule has 0 bridgehead atoms. The smallest absolute Gasteiger partial charge is 0.258 e. The van der Waals surface area contributed by atoms with E-state index in [2.05, 4.69) is 19.2 Å². The molecule has 1 aromatic carbocycles. The molecular formula is C14H20ClNO2. The molecule has 0 saturated carbocycles. The number of aryl methyl sites for hydroxylation is 1. The molecule has 0 aliphatic heterocycles. The van der Waals surface area contributed by atoms with E-state index in [9.17, 15) is 4.79 Å². The van der Waals surface area contributed by atoms with Crippen LogP contribution < -0.4 is 10.1 Å². The van der Waals surface area contributed by atoms with Gasteiger partial charge in [-0.2, -0.15) is 0 Å². The molecule has 18 heavy (non-hydrogen) atoms. The standard InChI is InChI=1S/C14H20ClNO2/c1-9(2)11(4)16-14(17)8-18-12-5-6-13(15)10(3)7-12/h5-7,9,11H,8H2,1-4H3,(H,16,17)/t11-/m0/s1. The van der Waals surface area contributed by atoms with Gasteiger partial charge in [-0.15, -0.1) is 0 Å². The molecule has 1 atom stereocenters. The van der Waals surface area contributed by atoms with Gasteiger partial charge in [0.25, 0.3) is 5.91 Å². The second-order valence-electron chi connectivity index (χ2n) is 4.80. The zero-order valence-corrected chi connectivity index (χ0v) is 12.0. The number of hydrogen-bond donors (Lipinski definition) is 1. The topological polar surface area (TPSA) is 38.3 Å². The van der Waals surface area contributed by atoms with Gasteiger partial charge in [-0.25, -0.2) is 0 Å². The molecule has 100 valence electrons. The van der Waals surface area contributed by atoms with Crippen LogP contribution in [0, 0.1) is 12.8 Å². The Morgan fingerprint density at radius 3 is 2.61 bits per heavy atom. The van der Waals surface area contributed by atoms with E-state index in [1.54, 1.807) is 12.1 Å². The third-order valence-corrected chi connectivity index (χ3v) is 3.31. The molecule has 0 aromatic heterocycles. The summed E-state index contributed by atoms with van der Waals surface area (Å²) >= 11 is 5.91. The number of rotatable bonds is 5. The summed E-state index contributed by atoms with van der Waals surface area (Å²) in [6, 6.07) is 5.49. The Hall–Kier alpha value is -1.22. The Bertz CT molecular complexity index is 418. The first-order chi connectivity index (χ1) is 8.40. The van der Waals surface area contributed by atoms with Gasteiger partial charge in [0, 0.05) is 11.1 Å². The monoisotopic (exact) mass is 269 g/mol. The quantitative estimate of drug-likeness (QED) is 0.892. The third-order valence-electron chi connectivity index (χ3n) is 2.89. The predicted molar refractivity (Wildman–Crippen MR) is 74.1 cm³/mol. The maximum Gasteiger partial charge on any atom is 0.258 e. The number of amides is 1. The van der Waals surface area contributed by atoms with Crippen LogP contribution in [0.15, 0.2) is 18.2 Å². The van der Waals surface area contributed by atoms with E-state index < -0.39 is 0 Å². The molecule has 1 amide bonds. The van der Waals surface area contributed by atoms with Crippen LogP contribution in [0.1, 0.15) is 26.3 Å². The number of hydrogen-bond acceptors (Lipinski definition) is 2. The summed E-state index contributed by atoms with van der Waals surface area (Å²) in [6.07, 6.45) is 0. The zero-order chi connectivity index (χ0) is 13.7. The summed E-state index contributed by atoms with van der Waals surface area (Å²) in [5, 5.41) is 3.58. The molecule has 0 fully saturated rings. The summed E-state index contributed by atoms with van der Waals surface area (Å²) in [7, 11) is 0. The predicted octanol–water partition coefficient (Wildman–Crippen LogP) is 3.19. The first-order valence-corrected chi connectivity index (χ1v) is 6.46. The lowest BCUT2D eigenvalue weighted by molar-refractivity contribution is -0.124. The maximum absolute atomic E-state index is 11.6. The average molecular weight is 270 g/mol. The molecule has 1 N–H and O–H groups in total. The molecule has 0 unspecified atom stereocenters. The fourth-order valence-electron chi connectivity index (χ4n) is 1.32. The summed E-state index contributed by atoms with van der Waals surface area (Å²) in [5.41, 5.74) is 0.935. The molecule has 1 aromatic rings. The van der Waals surface area contributed by atoms with Gasteiger partial charge in [0.1, 0.15) is 5.75 Å². The number of nitrogens with one attached hydrogen (secondary N) is 1. The van der Waals surface area contributed by atoms with Crippen LogP contribution in [0.3, 0.4) is 0 Å². The lowest BCUT2D eigenvalue weighted by atomic mass is 10.1. The average Bonchev–Trinajstić information content (AvgIpc) is 2.30. The highest BCUT2D eigenvalue weighted by molar-refractivity contribution is 6.31. The summed E-state index contributed by atoms with van der Waals surface area (Å²) in [4.78, 5) is 11.6. The van der Waals surface area contributed by atoms with Crippen LogP contribution in [-0.2, 0) is 4.79 Å². The molecule has 0 radical (unpaired) electrons. The van der Waals surface area contributed by atoms with Gasteiger partial charge in [-0.3, -0.25) is 4.79 Å². The van der Waals surface area contributed by atoms with Crippen LogP contribution in [0.25, 0.3) is 0 Å². The van der Waals surface area contributed by atoms with Gasteiger partial charge in [0.05, 0.1) is 0 Å². The Kier molecular flexibility index (Phi) is 5.48. The van der Waals surface area contributed by atoms with Gasteiger partial charge in [-0.1, -0.05) is 25.4 Å². The van der Waals surface area contributed by atoms with Gasteiger partial charge in [-0.05, 0) is 43.5 Å². The van der Waals surface area contributed by atoms with Gasteiger partial charge in [0.2, 0.25) is 0 Å². The first kappa shape index (κ1) is 14.8. The Morgan fingerprint density at radius 1 is 1.39 bits per heavy atom. The number of halogens is 1. The summed E-state index contributed by atoms with van der Waals surface area (Å²) < 4.78 is 5.41. The Balaban J connectivity index is 2.45. The minimum absolute atomic E-state index is 0.0259. The van der Waals surface area contributed by atoms with E-state index in [1.807, 2.05) is 19.9 Å². The molecule has 0 heterocycles. The number of carbonyl (C=O) groups excluding carboxylic acids is 1. The second kappa shape index (κ2) is 6.64.